The first-order valence-electron chi connectivity index (χ1n) is 7.38. The summed E-state index contributed by atoms with van der Waals surface area (Å²) in [5, 5.41) is 20.6. The van der Waals surface area contributed by atoms with E-state index in [0.717, 1.165) is 10.7 Å². The van der Waals surface area contributed by atoms with Gasteiger partial charge in [-0.05, 0) is 36.8 Å². The van der Waals surface area contributed by atoms with Gasteiger partial charge >= 0.3 is 0 Å². The standard InChI is InChI=1S/C17H15Cl2N3OS/c1-2-22-16(13-5-3-4-6-15(13)23)20-21-17(22)24-10-11-7-8-12(18)9-14(11)19/h3-9,23H,2,10H2,1H3. The second-order valence-corrected chi connectivity index (χ2v) is 6.88. The normalized spacial score (nSPS) is 11.0. The Bertz CT molecular complexity index is 867. The minimum atomic E-state index is 0.192. The van der Waals surface area contributed by atoms with Crippen LogP contribution < -0.4 is 0 Å². The van der Waals surface area contributed by atoms with E-state index < -0.39 is 0 Å². The molecule has 0 aliphatic rings. The quantitative estimate of drug-likeness (QED) is 0.613. The average molecular weight is 380 g/mol. The van der Waals surface area contributed by atoms with Gasteiger partial charge in [0.05, 0.1) is 5.56 Å². The first-order valence-corrected chi connectivity index (χ1v) is 9.12. The van der Waals surface area contributed by atoms with E-state index in [-0.39, 0.29) is 5.75 Å². The van der Waals surface area contributed by atoms with Crippen LogP contribution in [0.4, 0.5) is 0 Å². The number of halogens is 2. The molecule has 1 heterocycles. The minimum absolute atomic E-state index is 0.192. The molecule has 0 fully saturated rings. The molecule has 0 aliphatic carbocycles. The van der Waals surface area contributed by atoms with E-state index in [4.69, 9.17) is 23.2 Å². The van der Waals surface area contributed by atoms with Gasteiger partial charge in [-0.3, -0.25) is 0 Å². The van der Waals surface area contributed by atoms with Crippen LogP contribution in [0.2, 0.25) is 10.0 Å². The molecule has 1 N–H and O–H groups in total. The molecule has 1 aromatic heterocycles. The van der Waals surface area contributed by atoms with E-state index >= 15 is 0 Å². The van der Waals surface area contributed by atoms with Crippen LogP contribution in [-0.2, 0) is 12.3 Å². The third-order valence-corrected chi connectivity index (χ3v) is 5.15. The Hall–Kier alpha value is -1.69. The highest BCUT2D eigenvalue weighted by atomic mass is 35.5. The predicted octanol–water partition coefficient (Wildman–Crippen LogP) is 5.27. The largest absolute Gasteiger partial charge is 0.507 e. The van der Waals surface area contributed by atoms with Gasteiger partial charge in [0, 0.05) is 22.3 Å². The number of thioether (sulfide) groups is 1. The molecular formula is C17H15Cl2N3OS. The zero-order valence-corrected chi connectivity index (χ0v) is 15.2. The molecule has 3 aromatic rings. The smallest absolute Gasteiger partial charge is 0.191 e. The van der Waals surface area contributed by atoms with Crippen molar-refractivity contribution in [2.45, 2.75) is 24.4 Å². The van der Waals surface area contributed by atoms with Crippen molar-refractivity contribution in [2.75, 3.05) is 0 Å². The molecule has 3 rings (SSSR count). The summed E-state index contributed by atoms with van der Waals surface area (Å²) in [4.78, 5) is 0. The van der Waals surface area contributed by atoms with Crippen LogP contribution in [-0.4, -0.2) is 19.9 Å². The van der Waals surface area contributed by atoms with Crippen molar-refractivity contribution in [1.29, 1.82) is 0 Å². The molecule has 7 heteroatoms. The highest BCUT2D eigenvalue weighted by molar-refractivity contribution is 7.98. The van der Waals surface area contributed by atoms with Crippen LogP contribution in [0.1, 0.15) is 12.5 Å². The number of rotatable bonds is 5. The zero-order chi connectivity index (χ0) is 17.1. The maximum Gasteiger partial charge on any atom is 0.191 e. The van der Waals surface area contributed by atoms with Crippen LogP contribution in [0, 0.1) is 0 Å². The summed E-state index contributed by atoms with van der Waals surface area (Å²) in [6, 6.07) is 12.6. The SMILES string of the molecule is CCn1c(SCc2ccc(Cl)cc2Cl)nnc1-c1ccccc1O. The molecule has 0 saturated carbocycles. The van der Waals surface area contributed by atoms with Gasteiger partial charge in [-0.15, -0.1) is 10.2 Å². The molecule has 0 atom stereocenters. The molecule has 24 heavy (non-hydrogen) atoms. The van der Waals surface area contributed by atoms with E-state index in [0.29, 0.717) is 33.7 Å². The summed E-state index contributed by atoms with van der Waals surface area (Å²) in [7, 11) is 0. The molecule has 0 bridgehead atoms. The Morgan fingerprint density at radius 1 is 1.12 bits per heavy atom. The number of hydrogen-bond acceptors (Lipinski definition) is 4. The monoisotopic (exact) mass is 379 g/mol. The van der Waals surface area contributed by atoms with Crippen molar-refractivity contribution in [3.8, 4) is 17.1 Å². The van der Waals surface area contributed by atoms with E-state index in [1.165, 1.54) is 0 Å². The Morgan fingerprint density at radius 2 is 1.92 bits per heavy atom. The zero-order valence-electron chi connectivity index (χ0n) is 12.9. The third kappa shape index (κ3) is 3.53. The molecule has 0 saturated heterocycles. The fraction of sp³-hybridized carbons (Fsp3) is 0.176. The number of para-hydroxylation sites is 1. The Kier molecular flexibility index (Phi) is 5.33. The molecule has 0 amide bonds. The maximum atomic E-state index is 10.0. The summed E-state index contributed by atoms with van der Waals surface area (Å²) in [6.07, 6.45) is 0. The first-order chi connectivity index (χ1) is 11.6. The van der Waals surface area contributed by atoms with Gasteiger partial charge in [0.1, 0.15) is 5.75 Å². The van der Waals surface area contributed by atoms with Gasteiger partial charge in [-0.1, -0.05) is 53.2 Å². The summed E-state index contributed by atoms with van der Waals surface area (Å²) in [5.41, 5.74) is 1.66. The van der Waals surface area contributed by atoms with Crippen LogP contribution in [0.5, 0.6) is 5.75 Å². The second kappa shape index (κ2) is 7.47. The lowest BCUT2D eigenvalue weighted by atomic mass is 10.2. The van der Waals surface area contributed by atoms with Crippen LogP contribution in [0.25, 0.3) is 11.4 Å². The van der Waals surface area contributed by atoms with Gasteiger partial charge in [0.2, 0.25) is 0 Å². The van der Waals surface area contributed by atoms with E-state index in [1.54, 1.807) is 30.0 Å². The maximum absolute atomic E-state index is 10.0. The summed E-state index contributed by atoms with van der Waals surface area (Å²) in [6.45, 7) is 2.72. The average Bonchev–Trinajstić information content (AvgIpc) is 2.97. The fourth-order valence-electron chi connectivity index (χ4n) is 2.32. The van der Waals surface area contributed by atoms with Gasteiger partial charge in [-0.2, -0.15) is 0 Å². The van der Waals surface area contributed by atoms with E-state index in [1.807, 2.05) is 35.8 Å². The number of aromatic hydroxyl groups is 1. The minimum Gasteiger partial charge on any atom is -0.507 e. The lowest BCUT2D eigenvalue weighted by molar-refractivity contribution is 0.476. The highest BCUT2D eigenvalue weighted by Crippen LogP contribution is 2.32. The van der Waals surface area contributed by atoms with Crippen molar-refractivity contribution in [3.05, 3.63) is 58.1 Å². The number of phenolic OH excluding ortho intramolecular Hbond substituents is 1. The van der Waals surface area contributed by atoms with Gasteiger partial charge in [-0.25, -0.2) is 0 Å². The van der Waals surface area contributed by atoms with Crippen molar-refractivity contribution in [3.63, 3.8) is 0 Å². The molecule has 124 valence electrons. The predicted molar refractivity (Wildman–Crippen MR) is 98.8 cm³/mol. The molecule has 0 aliphatic heterocycles. The number of hydrogen-bond donors (Lipinski definition) is 1. The Balaban J connectivity index is 1.86. The fourth-order valence-corrected chi connectivity index (χ4v) is 3.88. The first kappa shape index (κ1) is 17.1. The molecule has 0 spiro atoms. The molecule has 4 nitrogen and oxygen atoms in total. The van der Waals surface area contributed by atoms with Gasteiger partial charge < -0.3 is 9.67 Å². The van der Waals surface area contributed by atoms with Crippen LogP contribution in [0.15, 0.2) is 47.6 Å². The third-order valence-electron chi connectivity index (χ3n) is 3.55. The van der Waals surface area contributed by atoms with Crippen LogP contribution >= 0.6 is 35.0 Å². The van der Waals surface area contributed by atoms with E-state index in [2.05, 4.69) is 10.2 Å². The lowest BCUT2D eigenvalue weighted by Gasteiger charge is -2.09. The lowest BCUT2D eigenvalue weighted by Crippen LogP contribution is -2.00. The Labute approximate surface area is 154 Å². The molecule has 2 aromatic carbocycles. The van der Waals surface area contributed by atoms with Gasteiger partial charge in [0.15, 0.2) is 11.0 Å². The van der Waals surface area contributed by atoms with Crippen molar-refractivity contribution >= 4 is 35.0 Å². The summed E-state index contributed by atoms with van der Waals surface area (Å²) < 4.78 is 1.98. The molecule has 0 unspecified atom stereocenters. The number of phenols is 1. The summed E-state index contributed by atoms with van der Waals surface area (Å²) in [5.74, 6) is 1.51. The topological polar surface area (TPSA) is 50.9 Å². The summed E-state index contributed by atoms with van der Waals surface area (Å²) >= 11 is 13.7. The van der Waals surface area contributed by atoms with E-state index in [9.17, 15) is 5.11 Å². The molecule has 0 radical (unpaired) electrons. The van der Waals surface area contributed by atoms with Crippen molar-refractivity contribution in [1.82, 2.24) is 14.8 Å². The number of nitrogens with zero attached hydrogens (tertiary/aromatic N) is 3. The van der Waals surface area contributed by atoms with Crippen molar-refractivity contribution in [2.24, 2.45) is 0 Å². The molecular weight excluding hydrogens is 365 g/mol. The Morgan fingerprint density at radius 3 is 2.62 bits per heavy atom. The number of benzene rings is 2. The highest BCUT2D eigenvalue weighted by Gasteiger charge is 2.16. The van der Waals surface area contributed by atoms with Crippen LogP contribution in [0.3, 0.4) is 0 Å². The van der Waals surface area contributed by atoms with Gasteiger partial charge in [0.25, 0.3) is 0 Å². The second-order valence-electron chi connectivity index (χ2n) is 5.09. The van der Waals surface area contributed by atoms with Crippen molar-refractivity contribution < 1.29 is 5.11 Å². The number of aromatic nitrogens is 3.